The van der Waals surface area contributed by atoms with E-state index in [-0.39, 0.29) is 5.75 Å². The first-order valence-corrected chi connectivity index (χ1v) is 7.63. The van der Waals surface area contributed by atoms with Gasteiger partial charge >= 0.3 is 0 Å². The summed E-state index contributed by atoms with van der Waals surface area (Å²) in [5, 5.41) is 15.9. The molecule has 0 aliphatic heterocycles. The number of phenolic OH excluding ortho intramolecular Hbond substituents is 1. The Balaban J connectivity index is 2.30. The second kappa shape index (κ2) is 11.8. The van der Waals surface area contributed by atoms with Crippen molar-refractivity contribution in [1.29, 1.82) is 0 Å². The van der Waals surface area contributed by atoms with Crippen LogP contribution in [0.1, 0.15) is 18.9 Å². The standard InChI is InChI=1S/C16H27N3O3/c1-3-17-16(18-8-5-9-22-11-10-21-2)19-13-14-6-4-7-15(20)12-14/h4,6-7,12,20H,3,5,8-11,13H2,1-2H3,(H2,17,18,19). The van der Waals surface area contributed by atoms with Crippen LogP contribution in [0.25, 0.3) is 0 Å². The van der Waals surface area contributed by atoms with E-state index in [1.54, 1.807) is 19.2 Å². The van der Waals surface area contributed by atoms with Crippen LogP contribution in [0.15, 0.2) is 29.3 Å². The summed E-state index contributed by atoms with van der Waals surface area (Å²) in [4.78, 5) is 4.49. The normalized spacial score (nSPS) is 11.5. The third kappa shape index (κ3) is 8.49. The van der Waals surface area contributed by atoms with Crippen LogP contribution in [0.4, 0.5) is 0 Å². The number of nitrogens with one attached hydrogen (secondary N) is 2. The average molecular weight is 309 g/mol. The van der Waals surface area contributed by atoms with Gasteiger partial charge in [0, 0.05) is 26.8 Å². The largest absolute Gasteiger partial charge is 0.508 e. The molecule has 0 bridgehead atoms. The fourth-order valence-electron chi connectivity index (χ4n) is 1.79. The number of nitrogens with zero attached hydrogens (tertiary/aromatic N) is 1. The molecule has 6 heteroatoms. The molecule has 0 amide bonds. The number of hydrogen-bond donors (Lipinski definition) is 3. The van der Waals surface area contributed by atoms with Crippen molar-refractivity contribution in [2.75, 3.05) is 40.0 Å². The number of ether oxygens (including phenoxy) is 2. The molecule has 124 valence electrons. The Bertz CT molecular complexity index is 438. The molecule has 1 aromatic carbocycles. The molecule has 0 saturated heterocycles. The fraction of sp³-hybridized carbons (Fsp3) is 0.562. The van der Waals surface area contributed by atoms with Crippen LogP contribution in [0.3, 0.4) is 0 Å². The van der Waals surface area contributed by atoms with Crippen molar-refractivity contribution in [3.05, 3.63) is 29.8 Å². The molecule has 0 aliphatic carbocycles. The van der Waals surface area contributed by atoms with E-state index in [1.165, 1.54) is 0 Å². The van der Waals surface area contributed by atoms with E-state index in [0.29, 0.717) is 26.4 Å². The monoisotopic (exact) mass is 309 g/mol. The van der Waals surface area contributed by atoms with Crippen molar-refractivity contribution in [2.24, 2.45) is 4.99 Å². The van der Waals surface area contributed by atoms with Gasteiger partial charge in [0.15, 0.2) is 5.96 Å². The molecule has 0 aromatic heterocycles. The highest BCUT2D eigenvalue weighted by Crippen LogP contribution is 2.11. The Kier molecular flexibility index (Phi) is 9.81. The van der Waals surface area contributed by atoms with Crippen LogP contribution in [0.2, 0.25) is 0 Å². The minimum Gasteiger partial charge on any atom is -0.508 e. The second-order valence-electron chi connectivity index (χ2n) is 4.75. The van der Waals surface area contributed by atoms with Crippen molar-refractivity contribution in [2.45, 2.75) is 19.9 Å². The molecule has 0 unspecified atom stereocenters. The topological polar surface area (TPSA) is 75.1 Å². The van der Waals surface area contributed by atoms with E-state index in [9.17, 15) is 5.11 Å². The van der Waals surface area contributed by atoms with E-state index in [4.69, 9.17) is 9.47 Å². The summed E-state index contributed by atoms with van der Waals surface area (Å²) in [5.74, 6) is 1.03. The van der Waals surface area contributed by atoms with Crippen molar-refractivity contribution < 1.29 is 14.6 Å². The molecule has 3 N–H and O–H groups in total. The van der Waals surface area contributed by atoms with Gasteiger partial charge in [-0.05, 0) is 31.0 Å². The molecule has 0 atom stereocenters. The summed E-state index contributed by atoms with van der Waals surface area (Å²) in [6.07, 6.45) is 0.903. The fourth-order valence-corrected chi connectivity index (χ4v) is 1.79. The number of aromatic hydroxyl groups is 1. The van der Waals surface area contributed by atoms with Gasteiger partial charge in [-0.25, -0.2) is 4.99 Å². The third-order valence-corrected chi connectivity index (χ3v) is 2.86. The molecule has 0 spiro atoms. The van der Waals surface area contributed by atoms with E-state index in [2.05, 4.69) is 15.6 Å². The Morgan fingerprint density at radius 3 is 2.82 bits per heavy atom. The van der Waals surface area contributed by atoms with Crippen molar-refractivity contribution in [1.82, 2.24) is 10.6 Å². The maximum absolute atomic E-state index is 9.44. The minimum absolute atomic E-state index is 0.263. The van der Waals surface area contributed by atoms with E-state index in [1.807, 2.05) is 19.1 Å². The number of hydrogen-bond acceptors (Lipinski definition) is 4. The minimum atomic E-state index is 0.263. The number of aliphatic imine (C=N–C) groups is 1. The summed E-state index contributed by atoms with van der Waals surface area (Å²) in [7, 11) is 1.66. The highest BCUT2D eigenvalue weighted by molar-refractivity contribution is 5.79. The van der Waals surface area contributed by atoms with Gasteiger partial charge < -0.3 is 25.2 Å². The lowest BCUT2D eigenvalue weighted by molar-refractivity contribution is 0.0698. The lowest BCUT2D eigenvalue weighted by Crippen LogP contribution is -2.38. The van der Waals surface area contributed by atoms with Crippen molar-refractivity contribution in [3.8, 4) is 5.75 Å². The lowest BCUT2D eigenvalue weighted by Gasteiger charge is -2.11. The first-order chi connectivity index (χ1) is 10.8. The van der Waals surface area contributed by atoms with Gasteiger partial charge in [-0.15, -0.1) is 0 Å². The zero-order valence-corrected chi connectivity index (χ0v) is 13.5. The van der Waals surface area contributed by atoms with Gasteiger partial charge in [-0.2, -0.15) is 0 Å². The molecular weight excluding hydrogens is 282 g/mol. The molecule has 0 fully saturated rings. The second-order valence-corrected chi connectivity index (χ2v) is 4.75. The Morgan fingerprint density at radius 1 is 1.23 bits per heavy atom. The lowest BCUT2D eigenvalue weighted by atomic mass is 10.2. The number of benzene rings is 1. The molecular formula is C16H27N3O3. The first kappa shape index (κ1) is 18.3. The molecule has 0 heterocycles. The summed E-state index contributed by atoms with van der Waals surface area (Å²) in [6.45, 7) is 6.09. The van der Waals surface area contributed by atoms with Gasteiger partial charge in [-0.1, -0.05) is 12.1 Å². The molecule has 22 heavy (non-hydrogen) atoms. The van der Waals surface area contributed by atoms with Gasteiger partial charge in [-0.3, -0.25) is 0 Å². The van der Waals surface area contributed by atoms with E-state index >= 15 is 0 Å². The van der Waals surface area contributed by atoms with Gasteiger partial charge in [0.1, 0.15) is 5.75 Å². The Morgan fingerprint density at radius 2 is 2.09 bits per heavy atom. The molecule has 0 aliphatic rings. The zero-order chi connectivity index (χ0) is 16.0. The quantitative estimate of drug-likeness (QED) is 0.347. The summed E-state index contributed by atoms with van der Waals surface area (Å²) >= 11 is 0. The Labute approximate surface area is 132 Å². The Hall–Kier alpha value is -1.79. The third-order valence-electron chi connectivity index (χ3n) is 2.86. The smallest absolute Gasteiger partial charge is 0.191 e. The molecule has 1 aromatic rings. The molecule has 0 radical (unpaired) electrons. The molecule has 6 nitrogen and oxygen atoms in total. The number of phenols is 1. The summed E-state index contributed by atoms with van der Waals surface area (Å²) in [6, 6.07) is 7.13. The molecule has 0 saturated carbocycles. The maximum Gasteiger partial charge on any atom is 0.191 e. The van der Waals surface area contributed by atoms with Crippen LogP contribution in [0, 0.1) is 0 Å². The zero-order valence-electron chi connectivity index (χ0n) is 13.5. The maximum atomic E-state index is 9.44. The summed E-state index contributed by atoms with van der Waals surface area (Å²) in [5.41, 5.74) is 0.972. The van der Waals surface area contributed by atoms with Crippen LogP contribution < -0.4 is 10.6 Å². The number of methoxy groups -OCH3 is 1. The van der Waals surface area contributed by atoms with Crippen LogP contribution >= 0.6 is 0 Å². The van der Waals surface area contributed by atoms with Gasteiger partial charge in [0.05, 0.1) is 19.8 Å². The predicted octanol–water partition coefficient (Wildman–Crippen LogP) is 1.50. The van der Waals surface area contributed by atoms with Gasteiger partial charge in [0.25, 0.3) is 0 Å². The van der Waals surface area contributed by atoms with E-state index in [0.717, 1.165) is 31.0 Å². The average Bonchev–Trinajstić information content (AvgIpc) is 2.51. The first-order valence-electron chi connectivity index (χ1n) is 7.63. The van der Waals surface area contributed by atoms with Crippen molar-refractivity contribution in [3.63, 3.8) is 0 Å². The SMILES string of the molecule is CCNC(=NCc1cccc(O)c1)NCCCOCCOC. The number of rotatable bonds is 10. The number of guanidine groups is 1. The van der Waals surface area contributed by atoms with Crippen LogP contribution in [-0.4, -0.2) is 51.1 Å². The van der Waals surface area contributed by atoms with Crippen molar-refractivity contribution >= 4 is 5.96 Å². The van der Waals surface area contributed by atoms with Crippen LogP contribution in [0.5, 0.6) is 5.75 Å². The highest BCUT2D eigenvalue weighted by atomic mass is 16.5. The van der Waals surface area contributed by atoms with Gasteiger partial charge in [0.2, 0.25) is 0 Å². The highest BCUT2D eigenvalue weighted by Gasteiger charge is 1.98. The molecule has 1 rings (SSSR count). The summed E-state index contributed by atoms with van der Waals surface area (Å²) < 4.78 is 10.3. The van der Waals surface area contributed by atoms with E-state index < -0.39 is 0 Å². The van der Waals surface area contributed by atoms with Crippen LogP contribution in [-0.2, 0) is 16.0 Å². The predicted molar refractivity (Wildman–Crippen MR) is 88.2 cm³/mol.